The lowest BCUT2D eigenvalue weighted by Gasteiger charge is -2.40. The van der Waals surface area contributed by atoms with E-state index in [0.29, 0.717) is 5.56 Å². The fraction of sp³-hybridized carbons (Fsp3) is 0.455. The van der Waals surface area contributed by atoms with Crippen molar-refractivity contribution in [2.24, 2.45) is 0 Å². The van der Waals surface area contributed by atoms with Gasteiger partial charge in [-0.2, -0.15) is 0 Å². The summed E-state index contributed by atoms with van der Waals surface area (Å²) in [5.41, 5.74) is 5.52. The summed E-state index contributed by atoms with van der Waals surface area (Å²) < 4.78 is 16.4. The predicted octanol–water partition coefficient (Wildman–Crippen LogP) is 2.37. The molecule has 7 heteroatoms. The molecule has 0 saturated carbocycles. The van der Waals surface area contributed by atoms with Crippen LogP contribution in [0.3, 0.4) is 0 Å². The molecule has 29 heavy (non-hydrogen) atoms. The zero-order valence-electron chi connectivity index (χ0n) is 16.1. The SMILES string of the molecule is CO[C@H]1O[C@@H](c2ccc(Cc3ccc4c(c3)C(Br)OCC4)cc2)[C@H](O)[C@@H](O)[C@@H]1O. The van der Waals surface area contributed by atoms with Gasteiger partial charge in [0.05, 0.1) is 6.61 Å². The molecule has 0 amide bonds. The minimum Gasteiger partial charge on any atom is -0.387 e. The normalized spacial score (nSPS) is 32.0. The predicted molar refractivity (Wildman–Crippen MR) is 110 cm³/mol. The lowest BCUT2D eigenvalue weighted by atomic mass is 9.92. The summed E-state index contributed by atoms with van der Waals surface area (Å²) >= 11 is 3.58. The second-order valence-electron chi connectivity index (χ2n) is 7.52. The summed E-state index contributed by atoms with van der Waals surface area (Å²) in [6.07, 6.45) is -3.94. The lowest BCUT2D eigenvalue weighted by molar-refractivity contribution is -0.292. The van der Waals surface area contributed by atoms with Gasteiger partial charge in [0.1, 0.15) is 29.4 Å². The van der Waals surface area contributed by atoms with Crippen LogP contribution in [0.15, 0.2) is 42.5 Å². The number of alkyl halides is 1. The van der Waals surface area contributed by atoms with Crippen LogP contribution < -0.4 is 0 Å². The van der Waals surface area contributed by atoms with Gasteiger partial charge in [0.25, 0.3) is 0 Å². The van der Waals surface area contributed by atoms with Crippen molar-refractivity contribution in [1.29, 1.82) is 0 Å². The Balaban J connectivity index is 1.49. The van der Waals surface area contributed by atoms with Crippen molar-refractivity contribution in [2.45, 2.75) is 48.6 Å². The van der Waals surface area contributed by atoms with E-state index in [1.807, 2.05) is 24.3 Å². The van der Waals surface area contributed by atoms with E-state index in [4.69, 9.17) is 14.2 Å². The highest BCUT2D eigenvalue weighted by Crippen LogP contribution is 2.34. The number of methoxy groups -OCH3 is 1. The molecule has 6 atom stereocenters. The Kier molecular flexibility index (Phi) is 6.36. The Hall–Kier alpha value is -1.32. The Morgan fingerprint density at radius 1 is 1.00 bits per heavy atom. The largest absolute Gasteiger partial charge is 0.387 e. The summed E-state index contributed by atoms with van der Waals surface area (Å²) in [4.78, 5) is 0. The van der Waals surface area contributed by atoms with E-state index >= 15 is 0 Å². The van der Waals surface area contributed by atoms with Crippen molar-refractivity contribution < 1.29 is 29.5 Å². The van der Waals surface area contributed by atoms with Crippen molar-refractivity contribution in [3.63, 3.8) is 0 Å². The molecule has 2 aromatic rings. The first-order chi connectivity index (χ1) is 14.0. The van der Waals surface area contributed by atoms with E-state index in [0.717, 1.165) is 25.0 Å². The molecule has 2 heterocycles. The number of halogens is 1. The van der Waals surface area contributed by atoms with Crippen molar-refractivity contribution in [3.8, 4) is 0 Å². The van der Waals surface area contributed by atoms with Crippen LogP contribution in [0.2, 0.25) is 0 Å². The van der Waals surface area contributed by atoms with Gasteiger partial charge in [-0.05, 0) is 40.7 Å². The molecule has 1 saturated heterocycles. The molecule has 2 aliphatic rings. The number of hydrogen-bond donors (Lipinski definition) is 3. The van der Waals surface area contributed by atoms with Crippen LogP contribution in [0.25, 0.3) is 0 Å². The topological polar surface area (TPSA) is 88.4 Å². The fourth-order valence-corrected chi connectivity index (χ4v) is 4.55. The second-order valence-corrected chi connectivity index (χ2v) is 8.35. The van der Waals surface area contributed by atoms with E-state index in [9.17, 15) is 15.3 Å². The summed E-state index contributed by atoms with van der Waals surface area (Å²) in [6, 6.07) is 14.2. The first kappa shape index (κ1) is 20.9. The van der Waals surface area contributed by atoms with Gasteiger partial charge in [-0.1, -0.05) is 58.4 Å². The molecule has 1 unspecified atom stereocenters. The average Bonchev–Trinajstić information content (AvgIpc) is 2.74. The fourth-order valence-electron chi connectivity index (χ4n) is 3.93. The van der Waals surface area contributed by atoms with Gasteiger partial charge in [-0.15, -0.1) is 0 Å². The maximum atomic E-state index is 10.3. The number of benzene rings is 2. The van der Waals surface area contributed by atoms with E-state index in [1.54, 1.807) is 0 Å². The van der Waals surface area contributed by atoms with Gasteiger partial charge < -0.3 is 29.5 Å². The Morgan fingerprint density at radius 2 is 1.72 bits per heavy atom. The smallest absolute Gasteiger partial charge is 0.186 e. The van der Waals surface area contributed by atoms with Gasteiger partial charge in [-0.3, -0.25) is 0 Å². The molecule has 0 aromatic heterocycles. The van der Waals surface area contributed by atoms with Crippen molar-refractivity contribution in [1.82, 2.24) is 0 Å². The molecule has 4 rings (SSSR count). The van der Waals surface area contributed by atoms with E-state index in [-0.39, 0.29) is 5.01 Å². The van der Waals surface area contributed by atoms with Crippen LogP contribution in [-0.4, -0.2) is 53.6 Å². The zero-order chi connectivity index (χ0) is 20.5. The maximum Gasteiger partial charge on any atom is 0.186 e. The monoisotopic (exact) mass is 464 g/mol. The third-order valence-corrected chi connectivity index (χ3v) is 6.37. The van der Waals surface area contributed by atoms with Crippen molar-refractivity contribution in [3.05, 3.63) is 70.3 Å². The minimum absolute atomic E-state index is 0.0611. The molecule has 1 fully saturated rings. The molecule has 3 N–H and O–H groups in total. The highest BCUT2D eigenvalue weighted by atomic mass is 79.9. The molecule has 6 nitrogen and oxygen atoms in total. The quantitative estimate of drug-likeness (QED) is 0.602. The standard InChI is InChI=1S/C22H25BrO6/c1-27-22-19(26)17(24)18(25)20(29-22)15-6-2-12(3-7-15)10-13-4-5-14-8-9-28-21(23)16(14)11-13/h2-7,11,17-22,24-26H,8-10H2,1H3/t17-,18-,19+,20+,21?,22+/m1/s1. The maximum absolute atomic E-state index is 10.3. The van der Waals surface area contributed by atoms with Crippen molar-refractivity contribution in [2.75, 3.05) is 13.7 Å². The molecule has 2 aromatic carbocycles. The molecule has 0 radical (unpaired) electrons. The molecular formula is C22H25BrO6. The van der Waals surface area contributed by atoms with Crippen LogP contribution in [0.5, 0.6) is 0 Å². The first-order valence-electron chi connectivity index (χ1n) is 9.66. The molecule has 156 valence electrons. The van der Waals surface area contributed by atoms with Gasteiger partial charge in [0.2, 0.25) is 0 Å². The summed E-state index contributed by atoms with van der Waals surface area (Å²) in [6.45, 7) is 0.731. The molecular weight excluding hydrogens is 440 g/mol. The van der Waals surface area contributed by atoms with Crippen LogP contribution in [-0.2, 0) is 27.1 Å². The molecule has 0 bridgehead atoms. The number of fused-ring (bicyclic) bond motifs is 1. The summed E-state index contributed by atoms with van der Waals surface area (Å²) in [7, 11) is 1.39. The third-order valence-electron chi connectivity index (χ3n) is 5.61. The van der Waals surface area contributed by atoms with Crippen LogP contribution >= 0.6 is 15.9 Å². The van der Waals surface area contributed by atoms with Crippen molar-refractivity contribution >= 4 is 15.9 Å². The van der Waals surface area contributed by atoms with E-state index in [2.05, 4.69) is 34.1 Å². The van der Waals surface area contributed by atoms with E-state index in [1.165, 1.54) is 23.8 Å². The van der Waals surface area contributed by atoms with Gasteiger partial charge >= 0.3 is 0 Å². The highest BCUT2D eigenvalue weighted by molar-refractivity contribution is 9.09. The van der Waals surface area contributed by atoms with Gasteiger partial charge in [0.15, 0.2) is 6.29 Å². The second kappa shape index (κ2) is 8.81. The van der Waals surface area contributed by atoms with Gasteiger partial charge in [-0.25, -0.2) is 0 Å². The number of rotatable bonds is 4. The van der Waals surface area contributed by atoms with Crippen LogP contribution in [0.1, 0.15) is 38.9 Å². The molecule has 0 spiro atoms. The number of aliphatic hydroxyl groups is 3. The van der Waals surface area contributed by atoms with E-state index < -0.39 is 30.7 Å². The minimum atomic E-state index is -1.34. The molecule has 0 aliphatic carbocycles. The summed E-state index contributed by atoms with van der Waals surface area (Å²) in [5.74, 6) is 0. The first-order valence-corrected chi connectivity index (χ1v) is 10.6. The Labute approximate surface area is 178 Å². The number of ether oxygens (including phenoxy) is 3. The lowest BCUT2D eigenvalue weighted by Crippen LogP contribution is -2.54. The molecule has 2 aliphatic heterocycles. The number of aliphatic hydroxyl groups excluding tert-OH is 3. The Bertz CT molecular complexity index is 840. The highest BCUT2D eigenvalue weighted by Gasteiger charge is 2.44. The van der Waals surface area contributed by atoms with Crippen LogP contribution in [0, 0.1) is 0 Å². The van der Waals surface area contributed by atoms with Gasteiger partial charge in [0, 0.05) is 7.11 Å². The number of hydrogen-bond acceptors (Lipinski definition) is 6. The summed E-state index contributed by atoms with van der Waals surface area (Å²) in [5, 5.41) is 30.2. The zero-order valence-corrected chi connectivity index (χ0v) is 17.7. The average molecular weight is 465 g/mol. The third kappa shape index (κ3) is 4.27. The van der Waals surface area contributed by atoms with Crippen LogP contribution in [0.4, 0.5) is 0 Å². The Morgan fingerprint density at radius 3 is 2.45 bits per heavy atom.